The van der Waals surface area contributed by atoms with Crippen molar-refractivity contribution >= 4 is 5.78 Å². The van der Waals surface area contributed by atoms with Crippen LogP contribution in [-0.2, 0) is 9.47 Å². The van der Waals surface area contributed by atoms with E-state index >= 15 is 0 Å². The van der Waals surface area contributed by atoms with E-state index in [1.165, 1.54) is 18.2 Å². The fraction of sp³-hybridized carbons (Fsp3) is 0.519. The van der Waals surface area contributed by atoms with Gasteiger partial charge in [-0.05, 0) is 17.7 Å². The largest absolute Gasteiger partial charge is 0.508 e. The third kappa shape index (κ3) is 5.94. The minimum Gasteiger partial charge on any atom is -0.508 e. The van der Waals surface area contributed by atoms with Crippen LogP contribution in [0.1, 0.15) is 28.4 Å². The summed E-state index contributed by atoms with van der Waals surface area (Å²) < 4.78 is 27.8. The summed E-state index contributed by atoms with van der Waals surface area (Å²) in [5.74, 6) is -1.97. The first-order chi connectivity index (χ1) is 20.4. The van der Waals surface area contributed by atoms with Crippen molar-refractivity contribution < 1.29 is 79.5 Å². The Bertz CT molecular complexity index is 1320. The molecule has 0 aromatic heterocycles. The molecule has 16 heteroatoms. The minimum atomic E-state index is -1.78. The van der Waals surface area contributed by atoms with Crippen molar-refractivity contribution in [2.75, 3.05) is 13.2 Å². The molecule has 2 saturated heterocycles. The van der Waals surface area contributed by atoms with E-state index in [9.17, 15) is 55.9 Å². The van der Waals surface area contributed by atoms with Crippen LogP contribution in [0.2, 0.25) is 0 Å². The van der Waals surface area contributed by atoms with Crippen LogP contribution in [0.4, 0.5) is 0 Å². The van der Waals surface area contributed by atoms with Crippen LogP contribution >= 0.6 is 0 Å². The van der Waals surface area contributed by atoms with Crippen LogP contribution in [0.15, 0.2) is 30.3 Å². The quantitative estimate of drug-likeness (QED) is 0.151. The van der Waals surface area contributed by atoms with Crippen LogP contribution in [0, 0.1) is 0 Å². The summed E-state index contributed by atoms with van der Waals surface area (Å²) in [7, 11) is 0. The molecule has 0 bridgehead atoms. The number of carbonyl (C=O) groups excluding carboxylic acids is 1. The second kappa shape index (κ2) is 12.4. The number of hydrogen-bond donors (Lipinski definition) is 10. The van der Waals surface area contributed by atoms with Crippen molar-refractivity contribution in [1.82, 2.24) is 0 Å². The average molecular weight is 613 g/mol. The van der Waals surface area contributed by atoms with E-state index in [1.807, 2.05) is 0 Å². The Hall–Kier alpha value is -3.29. The summed E-state index contributed by atoms with van der Waals surface area (Å²) in [4.78, 5) is 13.3. The fourth-order valence-corrected chi connectivity index (χ4v) is 5.09. The van der Waals surface area contributed by atoms with Gasteiger partial charge in [0.25, 0.3) is 0 Å². The number of phenolic OH excluding ortho intramolecular Hbond substituents is 2. The van der Waals surface area contributed by atoms with Crippen molar-refractivity contribution in [3.8, 4) is 28.7 Å². The topological polar surface area (TPSA) is 266 Å². The smallest absolute Gasteiger partial charge is 0.229 e. The lowest BCUT2D eigenvalue weighted by Crippen LogP contribution is -2.60. The Balaban J connectivity index is 1.37. The predicted octanol–water partition coefficient (Wildman–Crippen LogP) is -2.84. The summed E-state index contributed by atoms with van der Waals surface area (Å²) >= 11 is 0. The second-order valence-electron chi connectivity index (χ2n) is 10.4. The number of ether oxygens (including phenoxy) is 5. The molecule has 3 aliphatic heterocycles. The monoisotopic (exact) mass is 612 g/mol. The standard InChI is InChI=1S/C27H32O16/c28-7-17-20(33)22(35)24(37)26(42-17)40-14-3-9(1-2-11(14)31)13-6-12(32)19-15(39-13)4-10(30)5-16(19)41-27-25(38)23(36)21(34)18(8-29)43-27/h1-5,13,17-18,20-31,33-38H,6-8H2/t13-,17+,18+,20+,21+,22-,23-,24+,25+,26+,27+/m0/s1. The highest BCUT2D eigenvalue weighted by molar-refractivity contribution is 6.02. The summed E-state index contributed by atoms with van der Waals surface area (Å²) in [6.07, 6.45) is -17.3. The molecule has 3 heterocycles. The molecule has 0 unspecified atom stereocenters. The zero-order chi connectivity index (χ0) is 31.2. The molecular weight excluding hydrogens is 580 g/mol. The number of benzene rings is 2. The van der Waals surface area contributed by atoms with Gasteiger partial charge in [0.05, 0.1) is 19.6 Å². The summed E-state index contributed by atoms with van der Waals surface area (Å²) in [6, 6.07) is 6.13. The number of rotatable bonds is 7. The van der Waals surface area contributed by atoms with E-state index in [2.05, 4.69) is 0 Å². The van der Waals surface area contributed by atoms with Gasteiger partial charge >= 0.3 is 0 Å². The number of aliphatic hydroxyl groups is 8. The maximum atomic E-state index is 13.3. The van der Waals surface area contributed by atoms with E-state index in [0.29, 0.717) is 5.56 Å². The van der Waals surface area contributed by atoms with Gasteiger partial charge in [0.15, 0.2) is 17.3 Å². The summed E-state index contributed by atoms with van der Waals surface area (Å²) in [5.41, 5.74) is 0.179. The number of ketones is 1. The summed E-state index contributed by atoms with van der Waals surface area (Å²) in [5, 5.41) is 100. The normalized spacial score (nSPS) is 36.0. The Kier molecular flexibility index (Phi) is 8.96. The average Bonchev–Trinajstić information content (AvgIpc) is 2.98. The molecule has 236 valence electrons. The summed E-state index contributed by atoms with van der Waals surface area (Å²) in [6.45, 7) is -1.40. The number of carbonyl (C=O) groups is 1. The number of Topliss-reactive ketones (excluding diaryl/α,β-unsaturated/α-hetero) is 1. The Morgan fingerprint density at radius 2 is 1.28 bits per heavy atom. The van der Waals surface area contributed by atoms with Gasteiger partial charge < -0.3 is 74.7 Å². The molecule has 0 spiro atoms. The van der Waals surface area contributed by atoms with Gasteiger partial charge in [-0.3, -0.25) is 4.79 Å². The molecule has 10 N–H and O–H groups in total. The lowest BCUT2D eigenvalue weighted by molar-refractivity contribution is -0.277. The van der Waals surface area contributed by atoms with Gasteiger partial charge in [0, 0.05) is 12.1 Å². The van der Waals surface area contributed by atoms with E-state index in [1.54, 1.807) is 0 Å². The molecule has 0 aliphatic carbocycles. The third-order valence-electron chi connectivity index (χ3n) is 7.51. The van der Waals surface area contributed by atoms with Crippen LogP contribution in [0.5, 0.6) is 28.7 Å². The van der Waals surface area contributed by atoms with Gasteiger partial charge in [-0.15, -0.1) is 0 Å². The molecule has 43 heavy (non-hydrogen) atoms. The molecule has 11 atom stereocenters. The Labute approximate surface area is 243 Å². The van der Waals surface area contributed by atoms with E-state index in [4.69, 9.17) is 23.7 Å². The first-order valence-electron chi connectivity index (χ1n) is 13.3. The van der Waals surface area contributed by atoms with E-state index in [-0.39, 0.29) is 29.2 Å². The molecule has 2 aromatic carbocycles. The first-order valence-corrected chi connectivity index (χ1v) is 13.3. The van der Waals surface area contributed by atoms with E-state index in [0.717, 1.165) is 12.1 Å². The second-order valence-corrected chi connectivity index (χ2v) is 10.4. The molecule has 2 aromatic rings. The zero-order valence-corrected chi connectivity index (χ0v) is 22.3. The molecule has 0 radical (unpaired) electrons. The van der Waals surface area contributed by atoms with Crippen LogP contribution in [-0.4, -0.2) is 131 Å². The zero-order valence-electron chi connectivity index (χ0n) is 22.3. The highest BCUT2D eigenvalue weighted by atomic mass is 16.7. The van der Waals surface area contributed by atoms with Crippen molar-refractivity contribution in [2.24, 2.45) is 0 Å². The molecule has 3 aliphatic rings. The molecule has 5 rings (SSSR count). The number of aromatic hydroxyl groups is 2. The maximum absolute atomic E-state index is 13.3. The Morgan fingerprint density at radius 1 is 0.721 bits per heavy atom. The number of aliphatic hydroxyl groups excluding tert-OH is 8. The van der Waals surface area contributed by atoms with Crippen molar-refractivity contribution in [3.05, 3.63) is 41.5 Å². The minimum absolute atomic E-state index is 0.120. The van der Waals surface area contributed by atoms with Crippen molar-refractivity contribution in [3.63, 3.8) is 0 Å². The van der Waals surface area contributed by atoms with Gasteiger partial charge in [-0.2, -0.15) is 0 Å². The molecular formula is C27H32O16. The Morgan fingerprint density at radius 3 is 1.84 bits per heavy atom. The van der Waals surface area contributed by atoms with Gasteiger partial charge in [-0.25, -0.2) is 0 Å². The van der Waals surface area contributed by atoms with Crippen molar-refractivity contribution in [1.29, 1.82) is 0 Å². The van der Waals surface area contributed by atoms with Crippen LogP contribution in [0.25, 0.3) is 0 Å². The van der Waals surface area contributed by atoms with Crippen LogP contribution in [0.3, 0.4) is 0 Å². The third-order valence-corrected chi connectivity index (χ3v) is 7.51. The first kappa shape index (κ1) is 31.1. The lowest BCUT2D eigenvalue weighted by atomic mass is 9.95. The van der Waals surface area contributed by atoms with Gasteiger partial charge in [-0.1, -0.05) is 6.07 Å². The maximum Gasteiger partial charge on any atom is 0.229 e. The van der Waals surface area contributed by atoms with Gasteiger partial charge in [0.2, 0.25) is 12.6 Å². The fourth-order valence-electron chi connectivity index (χ4n) is 5.09. The lowest BCUT2D eigenvalue weighted by Gasteiger charge is -2.40. The number of fused-ring (bicyclic) bond motifs is 1. The highest BCUT2D eigenvalue weighted by Crippen LogP contribution is 2.44. The highest BCUT2D eigenvalue weighted by Gasteiger charge is 2.46. The van der Waals surface area contributed by atoms with Crippen LogP contribution < -0.4 is 14.2 Å². The predicted molar refractivity (Wildman–Crippen MR) is 137 cm³/mol. The molecule has 16 nitrogen and oxygen atoms in total. The van der Waals surface area contributed by atoms with Crippen molar-refractivity contribution in [2.45, 2.75) is 73.9 Å². The van der Waals surface area contributed by atoms with Gasteiger partial charge in [0.1, 0.15) is 77.7 Å². The molecule has 0 saturated carbocycles. The van der Waals surface area contributed by atoms with E-state index < -0.39 is 98.0 Å². The number of phenols is 2. The molecule has 0 amide bonds. The SMILES string of the molecule is O=C1C[C@@H](c2ccc(O)c(O[C@@H]3O[C@H](CO)[C@@H](O)[C@H](O)[C@H]3O)c2)Oc2cc(O)cc(O[C@@H]3O[C@H](CO)[C@@H](O)[C@H](O)[C@H]3O)c21. The number of hydrogen-bond acceptors (Lipinski definition) is 16. The molecule has 2 fully saturated rings.